The lowest BCUT2D eigenvalue weighted by atomic mass is 10.1. The van der Waals surface area contributed by atoms with E-state index < -0.39 is 0 Å². The van der Waals surface area contributed by atoms with Crippen molar-refractivity contribution in [2.75, 3.05) is 45.9 Å². The maximum Gasteiger partial charge on any atom is 0.162 e. The van der Waals surface area contributed by atoms with Gasteiger partial charge in [0.25, 0.3) is 0 Å². The van der Waals surface area contributed by atoms with Crippen LogP contribution in [0.5, 0.6) is 0 Å². The second-order valence-electron chi connectivity index (χ2n) is 5.44. The molecule has 116 valence electrons. The first kappa shape index (κ1) is 16.1. The van der Waals surface area contributed by atoms with E-state index >= 15 is 0 Å². The van der Waals surface area contributed by atoms with Crippen molar-refractivity contribution in [3.8, 4) is 0 Å². The van der Waals surface area contributed by atoms with Gasteiger partial charge in [-0.3, -0.25) is 9.69 Å². The number of rotatable bonds is 7. The summed E-state index contributed by atoms with van der Waals surface area (Å²) in [6.07, 6.45) is 1.33. The highest BCUT2D eigenvalue weighted by Gasteiger charge is 2.16. The Hall–Kier alpha value is -1.30. The molecular formula is C16H23FN2O2. The van der Waals surface area contributed by atoms with Crippen molar-refractivity contribution >= 4 is 5.78 Å². The summed E-state index contributed by atoms with van der Waals surface area (Å²) in [6, 6.07) is 5.75. The minimum absolute atomic E-state index is 0.0777. The van der Waals surface area contributed by atoms with Crippen molar-refractivity contribution in [3.05, 3.63) is 35.6 Å². The lowest BCUT2D eigenvalue weighted by Crippen LogP contribution is -2.47. The molecule has 0 spiro atoms. The van der Waals surface area contributed by atoms with Crippen LogP contribution in [0.2, 0.25) is 0 Å². The van der Waals surface area contributed by atoms with E-state index in [0.717, 1.165) is 45.7 Å². The van der Waals surface area contributed by atoms with Crippen molar-refractivity contribution in [3.63, 3.8) is 0 Å². The van der Waals surface area contributed by atoms with Gasteiger partial charge in [-0.1, -0.05) is 0 Å². The maximum absolute atomic E-state index is 12.8. The van der Waals surface area contributed by atoms with E-state index in [1.165, 1.54) is 12.1 Å². The lowest BCUT2D eigenvalue weighted by Gasteiger charge is -2.34. The Kier molecular flexibility index (Phi) is 6.29. The molecule has 0 aromatic heterocycles. The second kappa shape index (κ2) is 8.22. The average molecular weight is 294 g/mol. The Labute approximate surface area is 125 Å². The van der Waals surface area contributed by atoms with Gasteiger partial charge in [0.1, 0.15) is 5.82 Å². The van der Waals surface area contributed by atoms with E-state index in [1.54, 1.807) is 12.1 Å². The third-order valence-corrected chi connectivity index (χ3v) is 3.93. The molecule has 0 atom stereocenters. The molecule has 1 saturated heterocycles. The molecule has 1 aliphatic heterocycles. The molecule has 5 heteroatoms. The minimum Gasteiger partial charge on any atom is -0.395 e. The topological polar surface area (TPSA) is 43.8 Å². The van der Waals surface area contributed by atoms with Crippen molar-refractivity contribution in [2.45, 2.75) is 12.8 Å². The molecule has 1 aromatic rings. The van der Waals surface area contributed by atoms with E-state index in [1.807, 2.05) is 0 Å². The third-order valence-electron chi connectivity index (χ3n) is 3.93. The number of aliphatic hydroxyl groups is 1. The predicted molar refractivity (Wildman–Crippen MR) is 79.9 cm³/mol. The Balaban J connectivity index is 1.66. The summed E-state index contributed by atoms with van der Waals surface area (Å²) in [4.78, 5) is 16.6. The van der Waals surface area contributed by atoms with Crippen molar-refractivity contribution in [1.29, 1.82) is 0 Å². The zero-order valence-electron chi connectivity index (χ0n) is 12.3. The first-order valence-corrected chi connectivity index (χ1v) is 7.53. The van der Waals surface area contributed by atoms with E-state index in [2.05, 4.69) is 9.80 Å². The normalized spacial score (nSPS) is 17.0. The van der Waals surface area contributed by atoms with Gasteiger partial charge < -0.3 is 10.0 Å². The molecule has 0 saturated carbocycles. The third kappa shape index (κ3) is 5.19. The first-order valence-electron chi connectivity index (χ1n) is 7.53. The van der Waals surface area contributed by atoms with Gasteiger partial charge in [-0.05, 0) is 37.2 Å². The van der Waals surface area contributed by atoms with Crippen molar-refractivity contribution in [1.82, 2.24) is 9.80 Å². The Morgan fingerprint density at radius 1 is 1.05 bits per heavy atom. The van der Waals surface area contributed by atoms with Crippen LogP contribution < -0.4 is 0 Å². The van der Waals surface area contributed by atoms with Crippen LogP contribution in [0.15, 0.2) is 24.3 Å². The summed E-state index contributed by atoms with van der Waals surface area (Å²) in [5.41, 5.74) is 0.587. The van der Waals surface area contributed by atoms with E-state index in [-0.39, 0.29) is 18.2 Å². The summed E-state index contributed by atoms with van der Waals surface area (Å²) in [6.45, 7) is 5.82. The van der Waals surface area contributed by atoms with E-state index in [0.29, 0.717) is 12.0 Å². The molecule has 0 bridgehead atoms. The highest BCUT2D eigenvalue weighted by Crippen LogP contribution is 2.09. The number of halogens is 1. The number of nitrogens with zero attached hydrogens (tertiary/aromatic N) is 2. The molecule has 4 nitrogen and oxygen atoms in total. The van der Waals surface area contributed by atoms with Crippen molar-refractivity contribution in [2.24, 2.45) is 0 Å². The Morgan fingerprint density at radius 2 is 1.62 bits per heavy atom. The van der Waals surface area contributed by atoms with Gasteiger partial charge in [0.2, 0.25) is 0 Å². The SMILES string of the molecule is O=C(CCCN1CCN(CCO)CC1)c1ccc(F)cc1. The second-order valence-corrected chi connectivity index (χ2v) is 5.44. The zero-order valence-corrected chi connectivity index (χ0v) is 12.3. The fraction of sp³-hybridized carbons (Fsp3) is 0.562. The van der Waals surface area contributed by atoms with Crippen LogP contribution in [-0.2, 0) is 0 Å². The number of aliphatic hydroxyl groups excluding tert-OH is 1. The first-order chi connectivity index (χ1) is 10.2. The van der Waals surface area contributed by atoms with Crippen LogP contribution in [0.1, 0.15) is 23.2 Å². The van der Waals surface area contributed by atoms with Crippen LogP contribution in [0.4, 0.5) is 4.39 Å². The molecule has 1 aliphatic rings. The van der Waals surface area contributed by atoms with Crippen LogP contribution in [-0.4, -0.2) is 66.6 Å². The molecule has 1 aromatic carbocycles. The molecule has 0 amide bonds. The molecule has 1 N–H and O–H groups in total. The van der Waals surface area contributed by atoms with E-state index in [9.17, 15) is 9.18 Å². The highest BCUT2D eigenvalue weighted by molar-refractivity contribution is 5.95. The summed E-state index contributed by atoms with van der Waals surface area (Å²) < 4.78 is 12.8. The Bertz CT molecular complexity index is 442. The van der Waals surface area contributed by atoms with Gasteiger partial charge in [0.05, 0.1) is 6.61 Å². The van der Waals surface area contributed by atoms with Crippen molar-refractivity contribution < 1.29 is 14.3 Å². The smallest absolute Gasteiger partial charge is 0.162 e. The molecule has 1 heterocycles. The van der Waals surface area contributed by atoms with Crippen LogP contribution in [0, 0.1) is 5.82 Å². The quantitative estimate of drug-likeness (QED) is 0.772. The van der Waals surface area contributed by atoms with Gasteiger partial charge in [-0.2, -0.15) is 0 Å². The zero-order chi connectivity index (χ0) is 15.1. The monoisotopic (exact) mass is 294 g/mol. The minimum atomic E-state index is -0.313. The number of carbonyl (C=O) groups excluding carboxylic acids is 1. The molecule has 0 radical (unpaired) electrons. The molecule has 0 aliphatic carbocycles. The average Bonchev–Trinajstić information content (AvgIpc) is 2.50. The molecular weight excluding hydrogens is 271 g/mol. The number of hydrogen-bond donors (Lipinski definition) is 1. The summed E-state index contributed by atoms with van der Waals surface area (Å²) in [5.74, 6) is -0.235. The fourth-order valence-corrected chi connectivity index (χ4v) is 2.62. The number of hydrogen-bond acceptors (Lipinski definition) is 4. The molecule has 1 fully saturated rings. The summed E-state index contributed by atoms with van der Waals surface area (Å²) >= 11 is 0. The highest BCUT2D eigenvalue weighted by atomic mass is 19.1. The largest absolute Gasteiger partial charge is 0.395 e. The van der Waals surface area contributed by atoms with Gasteiger partial charge in [-0.25, -0.2) is 4.39 Å². The maximum atomic E-state index is 12.8. The number of benzene rings is 1. The molecule has 21 heavy (non-hydrogen) atoms. The molecule has 2 rings (SSSR count). The predicted octanol–water partition coefficient (Wildman–Crippen LogP) is 1.40. The summed E-state index contributed by atoms with van der Waals surface area (Å²) in [7, 11) is 0. The number of Topliss-reactive ketones (excluding diaryl/α,β-unsaturated/α-hetero) is 1. The number of ketones is 1. The van der Waals surface area contributed by atoms with E-state index in [4.69, 9.17) is 5.11 Å². The van der Waals surface area contributed by atoms with Gasteiger partial charge in [0, 0.05) is 44.7 Å². The van der Waals surface area contributed by atoms with Gasteiger partial charge in [0.15, 0.2) is 5.78 Å². The number of β-amino-alcohol motifs (C(OH)–C–C–N with tert-alkyl or cyclic N) is 1. The molecule has 0 unspecified atom stereocenters. The van der Waals surface area contributed by atoms with Gasteiger partial charge >= 0.3 is 0 Å². The fourth-order valence-electron chi connectivity index (χ4n) is 2.62. The van der Waals surface area contributed by atoms with Crippen LogP contribution in [0.25, 0.3) is 0 Å². The Morgan fingerprint density at radius 3 is 2.19 bits per heavy atom. The van der Waals surface area contributed by atoms with Crippen LogP contribution in [0.3, 0.4) is 0 Å². The summed E-state index contributed by atoms with van der Waals surface area (Å²) in [5, 5.41) is 8.90. The standard InChI is InChI=1S/C16H23FN2O2/c17-15-5-3-14(4-6-15)16(21)2-1-7-18-8-10-19(11-9-18)12-13-20/h3-6,20H,1-2,7-13H2. The lowest BCUT2D eigenvalue weighted by molar-refractivity contribution is 0.0948. The van der Waals surface area contributed by atoms with Crippen LogP contribution >= 0.6 is 0 Å². The number of piperazine rings is 1. The van der Waals surface area contributed by atoms with Gasteiger partial charge in [-0.15, -0.1) is 0 Å². The number of carbonyl (C=O) groups is 1.